The maximum absolute atomic E-state index is 10.3. The summed E-state index contributed by atoms with van der Waals surface area (Å²) in [4.78, 5) is 10.3. The number of carbonyl (C=O) groups excluding carboxylic acids is 1. The standard InChI is InChI=1S/C20H34O5/c1-2-3-6-9-15(21)12-13-17-16(18(22)14-19(17)23)10-7-4-5-8-11-20(24)25/h4,7,12-13,15-19,21-23H,2-3,5-6,8-11,14H2,1H3,(H,24,25)/p-1/b7-4-,13-12+/t15-,16+,17+,18-,19+/m0/s1. The van der Waals surface area contributed by atoms with E-state index < -0.39 is 24.3 Å². The third-order valence-electron chi connectivity index (χ3n) is 4.90. The van der Waals surface area contributed by atoms with Crippen LogP contribution in [0, 0.1) is 11.8 Å². The van der Waals surface area contributed by atoms with Gasteiger partial charge in [0.15, 0.2) is 0 Å². The number of aliphatic hydroxyl groups is 3. The van der Waals surface area contributed by atoms with Gasteiger partial charge >= 0.3 is 0 Å². The first kappa shape index (κ1) is 21.9. The average molecular weight is 353 g/mol. The Morgan fingerprint density at radius 1 is 1.20 bits per heavy atom. The minimum absolute atomic E-state index is 0.0520. The molecule has 5 nitrogen and oxygen atoms in total. The number of carbonyl (C=O) groups is 1. The summed E-state index contributed by atoms with van der Waals surface area (Å²) < 4.78 is 0. The van der Waals surface area contributed by atoms with Crippen LogP contribution in [0.4, 0.5) is 0 Å². The molecule has 1 aliphatic rings. The van der Waals surface area contributed by atoms with Gasteiger partial charge in [-0.25, -0.2) is 0 Å². The molecule has 1 rings (SSSR count). The Morgan fingerprint density at radius 3 is 2.64 bits per heavy atom. The summed E-state index contributed by atoms with van der Waals surface area (Å²) in [5.41, 5.74) is 0. The van der Waals surface area contributed by atoms with Gasteiger partial charge in [0.1, 0.15) is 0 Å². The van der Waals surface area contributed by atoms with E-state index in [1.165, 1.54) is 0 Å². The molecule has 0 radical (unpaired) electrons. The molecule has 0 spiro atoms. The number of allylic oxidation sites excluding steroid dienone is 2. The molecule has 25 heavy (non-hydrogen) atoms. The maximum atomic E-state index is 10.3. The molecule has 0 bridgehead atoms. The second kappa shape index (κ2) is 12.2. The summed E-state index contributed by atoms with van der Waals surface area (Å²) in [5.74, 6) is -1.28. The quantitative estimate of drug-likeness (QED) is 0.366. The SMILES string of the molecule is CCCCC[C@H](O)/C=C/[C@@H]1[C@@H](C/C=C\CCCC(=O)[O-])[C@@H](O)C[C@H]1O. The number of hydrogen-bond acceptors (Lipinski definition) is 5. The van der Waals surface area contributed by atoms with Crippen molar-refractivity contribution in [1.82, 2.24) is 0 Å². The lowest BCUT2D eigenvalue weighted by Crippen LogP contribution is -2.21. The fraction of sp³-hybridized carbons (Fsp3) is 0.750. The molecule has 1 aliphatic carbocycles. The van der Waals surface area contributed by atoms with Gasteiger partial charge in [0, 0.05) is 18.3 Å². The molecule has 0 aromatic heterocycles. The molecule has 0 aromatic rings. The molecule has 0 aliphatic heterocycles. The van der Waals surface area contributed by atoms with Crippen molar-refractivity contribution in [2.45, 2.75) is 83.0 Å². The lowest BCUT2D eigenvalue weighted by molar-refractivity contribution is -0.305. The number of aliphatic hydroxyl groups excluding tert-OH is 3. The van der Waals surface area contributed by atoms with Gasteiger partial charge in [0.25, 0.3) is 0 Å². The summed E-state index contributed by atoms with van der Waals surface area (Å²) in [6.45, 7) is 2.12. The van der Waals surface area contributed by atoms with Crippen LogP contribution in [0.1, 0.15) is 64.7 Å². The molecule has 5 heteroatoms. The minimum atomic E-state index is -1.04. The molecular formula is C20H33O5-. The Balaban J connectivity index is 2.46. The highest BCUT2D eigenvalue weighted by Gasteiger charge is 2.39. The van der Waals surface area contributed by atoms with Gasteiger partial charge in [-0.15, -0.1) is 0 Å². The highest BCUT2D eigenvalue weighted by molar-refractivity contribution is 5.64. The van der Waals surface area contributed by atoms with Crippen LogP contribution in [0.15, 0.2) is 24.3 Å². The molecule has 0 amide bonds. The molecule has 1 fully saturated rings. The van der Waals surface area contributed by atoms with E-state index in [1.54, 1.807) is 6.08 Å². The number of carboxylic acid groups (broad SMARTS) is 1. The van der Waals surface area contributed by atoms with E-state index in [-0.39, 0.29) is 18.3 Å². The van der Waals surface area contributed by atoms with Crippen LogP contribution in [-0.2, 0) is 4.79 Å². The third kappa shape index (κ3) is 8.66. The Hall–Kier alpha value is -1.17. The van der Waals surface area contributed by atoms with Gasteiger partial charge in [-0.3, -0.25) is 0 Å². The fourth-order valence-corrected chi connectivity index (χ4v) is 3.40. The summed E-state index contributed by atoms with van der Waals surface area (Å²) in [7, 11) is 0. The summed E-state index contributed by atoms with van der Waals surface area (Å²) in [5, 5.41) is 40.7. The van der Waals surface area contributed by atoms with Crippen LogP contribution in [0.3, 0.4) is 0 Å². The average Bonchev–Trinajstić information content (AvgIpc) is 2.82. The van der Waals surface area contributed by atoms with Gasteiger partial charge in [0.05, 0.1) is 18.3 Å². The number of aliphatic carboxylic acids is 1. The Bertz CT molecular complexity index is 432. The predicted molar refractivity (Wildman–Crippen MR) is 95.5 cm³/mol. The zero-order valence-corrected chi connectivity index (χ0v) is 15.2. The van der Waals surface area contributed by atoms with Gasteiger partial charge in [-0.1, -0.05) is 50.5 Å². The second-order valence-corrected chi connectivity index (χ2v) is 7.03. The predicted octanol–water partition coefficient (Wildman–Crippen LogP) is 1.71. The lowest BCUT2D eigenvalue weighted by Gasteiger charge is -2.19. The highest BCUT2D eigenvalue weighted by atomic mass is 16.4. The zero-order valence-electron chi connectivity index (χ0n) is 15.2. The summed E-state index contributed by atoms with van der Waals surface area (Å²) in [6, 6.07) is 0. The number of carboxylic acids is 1. The van der Waals surface area contributed by atoms with Gasteiger partial charge < -0.3 is 25.2 Å². The molecular weight excluding hydrogens is 320 g/mol. The number of rotatable bonds is 12. The van der Waals surface area contributed by atoms with Crippen molar-refractivity contribution in [3.8, 4) is 0 Å². The van der Waals surface area contributed by atoms with E-state index in [9.17, 15) is 25.2 Å². The van der Waals surface area contributed by atoms with Gasteiger partial charge in [0.2, 0.25) is 0 Å². The van der Waals surface area contributed by atoms with Gasteiger partial charge in [-0.05, 0) is 38.0 Å². The van der Waals surface area contributed by atoms with Crippen LogP contribution in [0.2, 0.25) is 0 Å². The first-order valence-electron chi connectivity index (χ1n) is 9.53. The fourth-order valence-electron chi connectivity index (χ4n) is 3.40. The Labute approximate surface area is 151 Å². The molecule has 3 N–H and O–H groups in total. The third-order valence-corrected chi connectivity index (χ3v) is 4.90. The van der Waals surface area contributed by atoms with Crippen molar-refractivity contribution in [3.05, 3.63) is 24.3 Å². The molecule has 5 atom stereocenters. The Kier molecular flexibility index (Phi) is 10.7. The van der Waals surface area contributed by atoms with Gasteiger partial charge in [-0.2, -0.15) is 0 Å². The maximum Gasteiger partial charge on any atom is 0.0721 e. The number of hydrogen-bond donors (Lipinski definition) is 3. The Morgan fingerprint density at radius 2 is 1.96 bits per heavy atom. The van der Waals surface area contributed by atoms with E-state index in [0.29, 0.717) is 25.7 Å². The highest BCUT2D eigenvalue weighted by Crippen LogP contribution is 2.36. The van der Waals surface area contributed by atoms with Crippen molar-refractivity contribution in [2.75, 3.05) is 0 Å². The van der Waals surface area contributed by atoms with Crippen molar-refractivity contribution in [3.63, 3.8) is 0 Å². The van der Waals surface area contributed by atoms with Crippen LogP contribution < -0.4 is 5.11 Å². The van der Waals surface area contributed by atoms with Crippen LogP contribution in [-0.4, -0.2) is 39.6 Å². The largest absolute Gasteiger partial charge is 0.550 e. The van der Waals surface area contributed by atoms with Crippen LogP contribution in [0.25, 0.3) is 0 Å². The second-order valence-electron chi connectivity index (χ2n) is 7.03. The van der Waals surface area contributed by atoms with Crippen molar-refractivity contribution < 1.29 is 25.2 Å². The van der Waals surface area contributed by atoms with Crippen molar-refractivity contribution in [2.24, 2.45) is 11.8 Å². The van der Waals surface area contributed by atoms with Crippen molar-refractivity contribution >= 4 is 5.97 Å². The van der Waals surface area contributed by atoms with E-state index in [2.05, 4.69) is 6.92 Å². The molecule has 0 heterocycles. The monoisotopic (exact) mass is 353 g/mol. The van der Waals surface area contributed by atoms with E-state index in [4.69, 9.17) is 0 Å². The topological polar surface area (TPSA) is 101 Å². The van der Waals surface area contributed by atoms with E-state index in [0.717, 1.165) is 25.7 Å². The summed E-state index contributed by atoms with van der Waals surface area (Å²) in [6.07, 6.45) is 12.0. The molecule has 0 aromatic carbocycles. The van der Waals surface area contributed by atoms with E-state index >= 15 is 0 Å². The summed E-state index contributed by atoms with van der Waals surface area (Å²) >= 11 is 0. The molecule has 0 saturated heterocycles. The van der Waals surface area contributed by atoms with Crippen LogP contribution in [0.5, 0.6) is 0 Å². The normalized spacial score (nSPS) is 28.2. The van der Waals surface area contributed by atoms with E-state index in [1.807, 2.05) is 18.2 Å². The molecule has 0 unspecified atom stereocenters. The van der Waals surface area contributed by atoms with Crippen LogP contribution >= 0.6 is 0 Å². The number of unbranched alkanes of at least 4 members (excludes halogenated alkanes) is 3. The smallest absolute Gasteiger partial charge is 0.0721 e. The first-order chi connectivity index (χ1) is 12.0. The lowest BCUT2D eigenvalue weighted by atomic mass is 9.89. The zero-order chi connectivity index (χ0) is 18.7. The minimum Gasteiger partial charge on any atom is -0.550 e. The van der Waals surface area contributed by atoms with Crippen molar-refractivity contribution in [1.29, 1.82) is 0 Å². The molecule has 144 valence electrons. The molecule has 1 saturated carbocycles. The first-order valence-corrected chi connectivity index (χ1v) is 9.53.